The van der Waals surface area contributed by atoms with Crippen molar-refractivity contribution in [1.82, 2.24) is 10.6 Å². The third-order valence-corrected chi connectivity index (χ3v) is 3.98. The third kappa shape index (κ3) is 5.31. The first-order valence-electron chi connectivity index (χ1n) is 8.24. The number of carbonyl (C=O) groups excluding carboxylic acids is 2. The van der Waals surface area contributed by atoms with Gasteiger partial charge in [-0.2, -0.15) is 0 Å². The van der Waals surface area contributed by atoms with E-state index < -0.39 is 43.2 Å². The molecule has 0 radical (unpaired) electrons. The quantitative estimate of drug-likeness (QED) is 0.210. The lowest BCUT2D eigenvalue weighted by Crippen LogP contribution is -2.64. The van der Waals surface area contributed by atoms with E-state index in [2.05, 4.69) is 10.6 Å². The molecule has 0 bridgehead atoms. The molecule has 1 aromatic carbocycles. The number of hydrogen-bond donors (Lipinski definition) is 5. The number of benzene rings is 1. The summed E-state index contributed by atoms with van der Waals surface area (Å²) in [6.07, 6.45) is -4.90. The maximum Gasteiger partial charge on any atom is 0.217 e. The average molecular weight is 368 g/mol. The van der Waals surface area contributed by atoms with Crippen molar-refractivity contribution in [1.29, 1.82) is 0 Å². The fraction of sp³-hybridized carbons (Fsp3) is 0.529. The van der Waals surface area contributed by atoms with Gasteiger partial charge in [0.05, 0.1) is 13.2 Å². The number of ether oxygens (including phenoxy) is 2. The van der Waals surface area contributed by atoms with E-state index in [1.54, 1.807) is 24.3 Å². The third-order valence-electron chi connectivity index (χ3n) is 3.98. The number of carbonyl (C=O) groups is 2. The molecule has 1 amide bonds. The summed E-state index contributed by atoms with van der Waals surface area (Å²) < 4.78 is 10.9. The Morgan fingerprint density at radius 2 is 1.88 bits per heavy atom. The van der Waals surface area contributed by atoms with Crippen LogP contribution in [0.3, 0.4) is 0 Å². The molecule has 9 nitrogen and oxygen atoms in total. The van der Waals surface area contributed by atoms with Gasteiger partial charge in [0, 0.05) is 12.5 Å². The first kappa shape index (κ1) is 20.4. The minimum atomic E-state index is -1.37. The summed E-state index contributed by atoms with van der Waals surface area (Å²) >= 11 is 0. The molecule has 9 heteroatoms. The molecule has 0 saturated carbocycles. The Morgan fingerprint density at radius 3 is 2.50 bits per heavy atom. The molecular weight excluding hydrogens is 344 g/mol. The fourth-order valence-electron chi connectivity index (χ4n) is 2.64. The minimum absolute atomic E-state index is 0.0240. The summed E-state index contributed by atoms with van der Waals surface area (Å²) in [4.78, 5) is 23.3. The molecule has 1 aliphatic rings. The zero-order chi connectivity index (χ0) is 19.1. The van der Waals surface area contributed by atoms with Gasteiger partial charge in [-0.1, -0.05) is 30.3 Å². The Kier molecular flexibility index (Phi) is 7.64. The Hall–Kier alpha value is -1.88. The Balaban J connectivity index is 1.88. The second-order valence-corrected chi connectivity index (χ2v) is 5.96. The summed E-state index contributed by atoms with van der Waals surface area (Å²) in [5.41, 5.74) is 0.559. The van der Waals surface area contributed by atoms with Gasteiger partial charge in [0.1, 0.15) is 31.1 Å². The fourth-order valence-corrected chi connectivity index (χ4v) is 2.64. The van der Waals surface area contributed by atoms with Crippen LogP contribution < -0.4 is 10.6 Å². The number of ketones is 1. The van der Waals surface area contributed by atoms with E-state index in [0.29, 0.717) is 5.56 Å². The van der Waals surface area contributed by atoms with Crippen LogP contribution in [-0.4, -0.2) is 77.5 Å². The van der Waals surface area contributed by atoms with E-state index in [-0.39, 0.29) is 19.1 Å². The smallest absolute Gasteiger partial charge is 0.217 e. The Morgan fingerprint density at radius 1 is 1.19 bits per heavy atom. The van der Waals surface area contributed by atoms with E-state index >= 15 is 0 Å². The van der Waals surface area contributed by atoms with Crippen LogP contribution in [0.4, 0.5) is 0 Å². The average Bonchev–Trinajstić information content (AvgIpc) is 2.64. The molecule has 0 aliphatic carbocycles. The lowest BCUT2D eigenvalue weighted by molar-refractivity contribution is -0.271. The van der Waals surface area contributed by atoms with Gasteiger partial charge < -0.3 is 30.1 Å². The molecule has 5 N–H and O–H groups in total. The van der Waals surface area contributed by atoms with Gasteiger partial charge >= 0.3 is 0 Å². The Bertz CT molecular complexity index is 598. The second-order valence-electron chi connectivity index (χ2n) is 5.96. The molecule has 2 unspecified atom stereocenters. The van der Waals surface area contributed by atoms with E-state index in [9.17, 15) is 24.9 Å². The van der Waals surface area contributed by atoms with Gasteiger partial charge in [0.15, 0.2) is 12.1 Å². The van der Waals surface area contributed by atoms with Crippen LogP contribution in [0.25, 0.3) is 0 Å². The topological polar surface area (TPSA) is 137 Å². The Labute approximate surface area is 150 Å². The maximum absolute atomic E-state index is 12.0. The van der Waals surface area contributed by atoms with Gasteiger partial charge in [0.25, 0.3) is 0 Å². The first-order valence-corrected chi connectivity index (χ1v) is 8.24. The van der Waals surface area contributed by atoms with Crippen LogP contribution in [0.5, 0.6) is 0 Å². The van der Waals surface area contributed by atoms with Crippen molar-refractivity contribution in [2.45, 2.75) is 37.6 Å². The number of aliphatic hydroxyl groups is 3. The highest BCUT2D eigenvalue weighted by Gasteiger charge is 2.45. The van der Waals surface area contributed by atoms with Crippen molar-refractivity contribution < 1.29 is 34.4 Å². The molecule has 2 rings (SSSR count). The van der Waals surface area contributed by atoms with Crippen LogP contribution >= 0.6 is 0 Å². The molecule has 1 aromatic rings. The van der Waals surface area contributed by atoms with Crippen molar-refractivity contribution in [3.05, 3.63) is 35.9 Å². The summed E-state index contributed by atoms with van der Waals surface area (Å²) in [5.74, 6) is -0.561. The molecule has 5 atom stereocenters. The van der Waals surface area contributed by atoms with Crippen molar-refractivity contribution in [2.24, 2.45) is 0 Å². The summed E-state index contributed by atoms with van der Waals surface area (Å²) in [5, 5.41) is 34.5. The van der Waals surface area contributed by atoms with Gasteiger partial charge in [-0.15, -0.1) is 0 Å². The lowest BCUT2D eigenvalue weighted by Gasteiger charge is -2.42. The van der Waals surface area contributed by atoms with Crippen molar-refractivity contribution in [3.63, 3.8) is 0 Å². The van der Waals surface area contributed by atoms with E-state index in [1.165, 1.54) is 6.92 Å². The van der Waals surface area contributed by atoms with E-state index in [4.69, 9.17) is 9.47 Å². The predicted molar refractivity (Wildman–Crippen MR) is 90.1 cm³/mol. The highest BCUT2D eigenvalue weighted by atomic mass is 16.7. The number of Topliss-reactive ketones (excluding diaryl/α,β-unsaturated/α-hetero) is 1. The van der Waals surface area contributed by atoms with E-state index in [1.807, 2.05) is 6.07 Å². The largest absolute Gasteiger partial charge is 0.394 e. The molecule has 0 aromatic heterocycles. The minimum Gasteiger partial charge on any atom is -0.394 e. The zero-order valence-corrected chi connectivity index (χ0v) is 14.4. The van der Waals surface area contributed by atoms with Gasteiger partial charge in [-0.05, 0) is 0 Å². The molecule has 1 aliphatic heterocycles. The molecule has 1 fully saturated rings. The van der Waals surface area contributed by atoms with Gasteiger partial charge in [0.2, 0.25) is 5.91 Å². The SMILES string of the molecule is CC(=O)NC1[C@H](OCNCC(=O)c2ccccc2)OC(CO)[C@H](O)[C@@H]1O. The van der Waals surface area contributed by atoms with Crippen molar-refractivity contribution in [2.75, 3.05) is 19.9 Å². The molecule has 144 valence electrons. The second kappa shape index (κ2) is 9.72. The molecule has 26 heavy (non-hydrogen) atoms. The molecule has 0 spiro atoms. The monoisotopic (exact) mass is 368 g/mol. The molecular formula is C17H24N2O7. The van der Waals surface area contributed by atoms with Crippen LogP contribution in [0.15, 0.2) is 30.3 Å². The lowest BCUT2D eigenvalue weighted by atomic mass is 9.97. The standard InChI is InChI=1S/C17H24N2O7/c1-10(21)19-14-16(24)15(23)13(8-20)26-17(14)25-9-18-7-12(22)11-5-3-2-4-6-11/h2-6,13-18,20,23-24H,7-9H2,1H3,(H,19,21)/t13?,14?,15-,16+,17+/m0/s1. The van der Waals surface area contributed by atoms with Gasteiger partial charge in [-0.3, -0.25) is 14.9 Å². The van der Waals surface area contributed by atoms with Crippen LogP contribution in [0.1, 0.15) is 17.3 Å². The first-order chi connectivity index (χ1) is 12.4. The normalized spacial score (nSPS) is 28.5. The summed E-state index contributed by atoms with van der Waals surface area (Å²) in [6.45, 7) is 0.659. The van der Waals surface area contributed by atoms with Crippen LogP contribution in [0, 0.1) is 0 Å². The molecule has 1 heterocycles. The molecule has 1 saturated heterocycles. The zero-order valence-electron chi connectivity index (χ0n) is 14.4. The highest BCUT2D eigenvalue weighted by Crippen LogP contribution is 2.22. The number of hydrogen-bond acceptors (Lipinski definition) is 8. The van der Waals surface area contributed by atoms with Crippen LogP contribution in [-0.2, 0) is 14.3 Å². The predicted octanol–water partition coefficient (Wildman–Crippen LogP) is -1.62. The highest BCUT2D eigenvalue weighted by molar-refractivity contribution is 5.97. The maximum atomic E-state index is 12.0. The van der Waals surface area contributed by atoms with Crippen molar-refractivity contribution >= 4 is 11.7 Å². The van der Waals surface area contributed by atoms with Gasteiger partial charge in [-0.25, -0.2) is 0 Å². The number of aliphatic hydroxyl groups excluding tert-OH is 3. The van der Waals surface area contributed by atoms with Crippen LogP contribution in [0.2, 0.25) is 0 Å². The van der Waals surface area contributed by atoms with Crippen molar-refractivity contribution in [3.8, 4) is 0 Å². The number of amides is 1. The van der Waals surface area contributed by atoms with E-state index in [0.717, 1.165) is 0 Å². The summed E-state index contributed by atoms with van der Waals surface area (Å²) in [7, 11) is 0. The summed E-state index contributed by atoms with van der Waals surface area (Å²) in [6, 6.07) is 7.72. The number of nitrogens with one attached hydrogen (secondary N) is 2. The number of rotatable bonds is 8.